The van der Waals surface area contributed by atoms with Crippen LogP contribution in [0.1, 0.15) is 52.0 Å². The molecule has 1 rings (SSSR count). The molecule has 1 aromatic rings. The van der Waals surface area contributed by atoms with Crippen molar-refractivity contribution in [2.75, 3.05) is 19.8 Å². The Kier molecular flexibility index (Phi) is 9.60. The molecule has 0 saturated carbocycles. The quantitative estimate of drug-likeness (QED) is 0.491. The van der Waals surface area contributed by atoms with Crippen molar-refractivity contribution in [1.82, 2.24) is 5.32 Å². The minimum atomic E-state index is -0.0617. The van der Waals surface area contributed by atoms with Crippen molar-refractivity contribution in [3.63, 3.8) is 0 Å². The van der Waals surface area contributed by atoms with Crippen molar-refractivity contribution in [3.05, 3.63) is 29.8 Å². The van der Waals surface area contributed by atoms with Crippen molar-refractivity contribution in [3.8, 4) is 11.5 Å². The number of hydrogen-bond acceptors (Lipinski definition) is 3. The number of nitrogens with one attached hydrogen (secondary N) is 1. The zero-order valence-corrected chi connectivity index (χ0v) is 14.6. The van der Waals surface area contributed by atoms with Crippen LogP contribution in [0.2, 0.25) is 0 Å². The maximum Gasteiger partial charge on any atom is 0.243 e. The van der Waals surface area contributed by atoms with Gasteiger partial charge in [-0.3, -0.25) is 4.79 Å². The molecule has 1 aromatic carbocycles. The van der Waals surface area contributed by atoms with Crippen LogP contribution in [0.5, 0.6) is 11.5 Å². The first-order valence-electron chi connectivity index (χ1n) is 8.56. The normalized spacial score (nSPS) is 10.7. The van der Waals surface area contributed by atoms with Gasteiger partial charge >= 0.3 is 0 Å². The monoisotopic (exact) mass is 319 g/mol. The van der Waals surface area contributed by atoms with Gasteiger partial charge in [-0.1, -0.05) is 32.3 Å². The number of amides is 1. The number of carbonyl (C=O) groups excluding carboxylic acids is 1. The second kappa shape index (κ2) is 11.6. The molecule has 0 aliphatic carbocycles. The van der Waals surface area contributed by atoms with Crippen molar-refractivity contribution in [2.45, 2.75) is 46.5 Å². The summed E-state index contributed by atoms with van der Waals surface area (Å²) in [5.41, 5.74) is 0.915. The Morgan fingerprint density at radius 2 is 1.78 bits per heavy atom. The Labute approximate surface area is 139 Å². The van der Waals surface area contributed by atoms with E-state index in [0.29, 0.717) is 19.0 Å². The van der Waals surface area contributed by atoms with Gasteiger partial charge in [0.1, 0.15) is 0 Å². The van der Waals surface area contributed by atoms with Crippen molar-refractivity contribution in [2.24, 2.45) is 0 Å². The van der Waals surface area contributed by atoms with Gasteiger partial charge in [0, 0.05) is 12.6 Å². The Bertz CT molecular complexity index is 497. The molecule has 0 atom stereocenters. The summed E-state index contributed by atoms with van der Waals surface area (Å²) in [6.07, 6.45) is 7.97. The molecule has 0 radical (unpaired) electrons. The van der Waals surface area contributed by atoms with Crippen molar-refractivity contribution >= 4 is 12.0 Å². The average Bonchev–Trinajstić information content (AvgIpc) is 2.55. The van der Waals surface area contributed by atoms with Gasteiger partial charge in [0.25, 0.3) is 0 Å². The van der Waals surface area contributed by atoms with Crippen LogP contribution in [-0.2, 0) is 4.79 Å². The highest BCUT2D eigenvalue weighted by Gasteiger charge is 2.05. The van der Waals surface area contributed by atoms with Gasteiger partial charge < -0.3 is 14.8 Å². The molecule has 0 bridgehead atoms. The molecule has 0 aliphatic heterocycles. The molecule has 0 aliphatic rings. The van der Waals surface area contributed by atoms with Crippen molar-refractivity contribution in [1.29, 1.82) is 0 Å². The average molecular weight is 319 g/mol. The SMILES string of the molecule is CCCCCCNC(=O)C=Cc1ccc(OCC)c(OCC)c1. The van der Waals surface area contributed by atoms with Gasteiger partial charge in [0.2, 0.25) is 5.91 Å². The molecule has 0 unspecified atom stereocenters. The molecule has 4 nitrogen and oxygen atoms in total. The number of ether oxygens (including phenoxy) is 2. The minimum Gasteiger partial charge on any atom is -0.490 e. The summed E-state index contributed by atoms with van der Waals surface area (Å²) >= 11 is 0. The van der Waals surface area contributed by atoms with Gasteiger partial charge in [0.15, 0.2) is 11.5 Å². The van der Waals surface area contributed by atoms with Crippen LogP contribution in [0, 0.1) is 0 Å². The first kappa shape index (κ1) is 19.1. The Morgan fingerprint density at radius 1 is 1.04 bits per heavy atom. The predicted molar refractivity (Wildman–Crippen MR) is 95.0 cm³/mol. The first-order valence-corrected chi connectivity index (χ1v) is 8.56. The number of benzene rings is 1. The molecule has 0 saturated heterocycles. The van der Waals surface area contributed by atoms with Crippen LogP contribution in [0.25, 0.3) is 6.08 Å². The maximum atomic E-state index is 11.8. The summed E-state index contributed by atoms with van der Waals surface area (Å²) in [5.74, 6) is 1.37. The number of hydrogen-bond donors (Lipinski definition) is 1. The van der Waals surface area contributed by atoms with E-state index in [9.17, 15) is 4.79 Å². The summed E-state index contributed by atoms with van der Waals surface area (Å²) in [5, 5.41) is 2.90. The van der Waals surface area contributed by atoms with Crippen LogP contribution in [0.3, 0.4) is 0 Å². The Hall–Kier alpha value is -1.97. The molecule has 0 spiro atoms. The molecule has 0 fully saturated rings. The summed E-state index contributed by atoms with van der Waals surface area (Å²) in [6, 6.07) is 5.68. The largest absolute Gasteiger partial charge is 0.490 e. The molecule has 4 heteroatoms. The fourth-order valence-electron chi connectivity index (χ4n) is 2.17. The molecule has 0 aromatic heterocycles. The van der Waals surface area contributed by atoms with Crippen LogP contribution < -0.4 is 14.8 Å². The summed E-state index contributed by atoms with van der Waals surface area (Å²) in [7, 11) is 0. The Morgan fingerprint density at radius 3 is 2.48 bits per heavy atom. The summed E-state index contributed by atoms with van der Waals surface area (Å²) < 4.78 is 11.1. The van der Waals surface area contributed by atoms with Crippen LogP contribution in [0.4, 0.5) is 0 Å². The van der Waals surface area contributed by atoms with Gasteiger partial charge in [-0.05, 0) is 44.0 Å². The minimum absolute atomic E-state index is 0.0617. The van der Waals surface area contributed by atoms with Gasteiger partial charge in [-0.25, -0.2) is 0 Å². The van der Waals surface area contributed by atoms with Crippen molar-refractivity contribution < 1.29 is 14.3 Å². The highest BCUT2D eigenvalue weighted by molar-refractivity contribution is 5.91. The lowest BCUT2D eigenvalue weighted by Gasteiger charge is -2.11. The molecule has 1 N–H and O–H groups in total. The maximum absolute atomic E-state index is 11.8. The highest BCUT2D eigenvalue weighted by Crippen LogP contribution is 2.28. The third-order valence-electron chi connectivity index (χ3n) is 3.32. The lowest BCUT2D eigenvalue weighted by atomic mass is 10.2. The standard InChI is InChI=1S/C19H29NO3/c1-4-7-8-9-14-20-19(21)13-11-16-10-12-17(22-5-2)18(15-16)23-6-3/h10-13,15H,4-9,14H2,1-3H3,(H,20,21). The molecule has 128 valence electrons. The summed E-state index contributed by atoms with van der Waals surface area (Å²) in [4.78, 5) is 11.8. The second-order valence-electron chi connectivity index (χ2n) is 5.26. The Balaban J connectivity index is 2.54. The number of rotatable bonds is 11. The fraction of sp³-hybridized carbons (Fsp3) is 0.526. The lowest BCUT2D eigenvalue weighted by Crippen LogP contribution is -2.21. The third kappa shape index (κ3) is 7.73. The van der Waals surface area contributed by atoms with E-state index in [0.717, 1.165) is 30.7 Å². The van der Waals surface area contributed by atoms with Gasteiger partial charge in [-0.15, -0.1) is 0 Å². The van der Waals surface area contributed by atoms with E-state index in [-0.39, 0.29) is 5.91 Å². The van der Waals surface area contributed by atoms with Crippen LogP contribution >= 0.6 is 0 Å². The van der Waals surface area contributed by atoms with E-state index in [1.807, 2.05) is 32.0 Å². The third-order valence-corrected chi connectivity index (χ3v) is 3.32. The molecular weight excluding hydrogens is 290 g/mol. The number of carbonyl (C=O) groups is 1. The van der Waals surface area contributed by atoms with Gasteiger partial charge in [0.05, 0.1) is 13.2 Å². The van der Waals surface area contributed by atoms with Crippen LogP contribution in [0.15, 0.2) is 24.3 Å². The first-order chi connectivity index (χ1) is 11.2. The molecule has 1 amide bonds. The van der Waals surface area contributed by atoms with Crippen LogP contribution in [-0.4, -0.2) is 25.7 Å². The predicted octanol–water partition coefficient (Wildman–Crippen LogP) is 4.19. The van der Waals surface area contributed by atoms with E-state index in [4.69, 9.17) is 9.47 Å². The summed E-state index contributed by atoms with van der Waals surface area (Å²) in [6.45, 7) is 7.95. The van der Waals surface area contributed by atoms with E-state index >= 15 is 0 Å². The zero-order chi connectivity index (χ0) is 16.9. The van der Waals surface area contributed by atoms with E-state index < -0.39 is 0 Å². The van der Waals surface area contributed by atoms with E-state index in [2.05, 4.69) is 12.2 Å². The van der Waals surface area contributed by atoms with E-state index in [1.54, 1.807) is 12.2 Å². The lowest BCUT2D eigenvalue weighted by molar-refractivity contribution is -0.116. The molecule has 0 heterocycles. The molecular formula is C19H29NO3. The van der Waals surface area contributed by atoms with Gasteiger partial charge in [-0.2, -0.15) is 0 Å². The topological polar surface area (TPSA) is 47.6 Å². The fourth-order valence-corrected chi connectivity index (χ4v) is 2.17. The van der Waals surface area contributed by atoms with E-state index in [1.165, 1.54) is 12.8 Å². The smallest absolute Gasteiger partial charge is 0.243 e. The number of unbranched alkanes of at least 4 members (excludes halogenated alkanes) is 3. The molecule has 23 heavy (non-hydrogen) atoms. The second-order valence-corrected chi connectivity index (χ2v) is 5.26. The zero-order valence-electron chi connectivity index (χ0n) is 14.6. The highest BCUT2D eigenvalue weighted by atomic mass is 16.5.